The lowest BCUT2D eigenvalue weighted by Crippen LogP contribution is -2.46. The number of hydrogen-bond donors (Lipinski definition) is 2. The van der Waals surface area contributed by atoms with Crippen LogP contribution in [0.25, 0.3) is 0 Å². The highest BCUT2D eigenvalue weighted by Crippen LogP contribution is 2.21. The Morgan fingerprint density at radius 1 is 1.20 bits per heavy atom. The van der Waals surface area contributed by atoms with Crippen molar-refractivity contribution in [1.29, 1.82) is 0 Å². The minimum absolute atomic E-state index is 0.254. The van der Waals surface area contributed by atoms with Crippen LogP contribution in [-0.2, 0) is 4.74 Å². The van der Waals surface area contributed by atoms with Crippen molar-refractivity contribution in [3.05, 3.63) is 0 Å². The van der Waals surface area contributed by atoms with Crippen LogP contribution >= 0.6 is 0 Å². The lowest BCUT2D eigenvalue weighted by atomic mass is 9.92. The summed E-state index contributed by atoms with van der Waals surface area (Å²) < 4.78 is 5.38. The third-order valence-electron chi connectivity index (χ3n) is 3.79. The molecule has 0 aromatic rings. The van der Waals surface area contributed by atoms with E-state index in [4.69, 9.17) is 4.74 Å². The summed E-state index contributed by atoms with van der Waals surface area (Å²) in [6.45, 7) is 1.95. The maximum atomic E-state index is 9.40. The molecule has 3 heteroatoms. The van der Waals surface area contributed by atoms with Gasteiger partial charge in [-0.15, -0.1) is 0 Å². The molecule has 2 N–H and O–H groups in total. The third-order valence-corrected chi connectivity index (χ3v) is 3.79. The first kappa shape index (κ1) is 11.4. The second-order valence-electron chi connectivity index (χ2n) is 4.91. The molecule has 0 bridgehead atoms. The van der Waals surface area contributed by atoms with Gasteiger partial charge >= 0.3 is 0 Å². The molecule has 1 saturated heterocycles. The molecule has 3 nitrogen and oxygen atoms in total. The van der Waals surface area contributed by atoms with E-state index in [1.807, 2.05) is 0 Å². The SMILES string of the molecule is OCC(NC1CCCCC1)C1CCOC1. The maximum absolute atomic E-state index is 9.40. The number of hydrogen-bond acceptors (Lipinski definition) is 3. The first-order valence-electron chi connectivity index (χ1n) is 6.35. The lowest BCUT2D eigenvalue weighted by molar-refractivity contribution is 0.144. The molecule has 88 valence electrons. The zero-order valence-corrected chi connectivity index (χ0v) is 9.45. The number of ether oxygens (including phenoxy) is 1. The largest absolute Gasteiger partial charge is 0.395 e. The zero-order chi connectivity index (χ0) is 10.5. The molecular weight excluding hydrogens is 190 g/mol. The monoisotopic (exact) mass is 213 g/mol. The molecule has 0 aromatic carbocycles. The van der Waals surface area contributed by atoms with Crippen molar-refractivity contribution in [3.63, 3.8) is 0 Å². The Kier molecular flexibility index (Phi) is 4.42. The summed E-state index contributed by atoms with van der Waals surface area (Å²) in [7, 11) is 0. The fourth-order valence-electron chi connectivity index (χ4n) is 2.78. The van der Waals surface area contributed by atoms with Crippen molar-refractivity contribution in [2.75, 3.05) is 19.8 Å². The minimum atomic E-state index is 0.254. The van der Waals surface area contributed by atoms with Crippen LogP contribution in [-0.4, -0.2) is 37.0 Å². The normalized spacial score (nSPS) is 30.6. The first-order chi connectivity index (χ1) is 7.40. The van der Waals surface area contributed by atoms with Crippen LogP contribution in [0.2, 0.25) is 0 Å². The van der Waals surface area contributed by atoms with Crippen LogP contribution in [0, 0.1) is 5.92 Å². The van der Waals surface area contributed by atoms with Gasteiger partial charge in [0.05, 0.1) is 13.2 Å². The molecule has 2 aliphatic rings. The van der Waals surface area contributed by atoms with Gasteiger partial charge in [-0.1, -0.05) is 19.3 Å². The quantitative estimate of drug-likeness (QED) is 0.740. The van der Waals surface area contributed by atoms with Gasteiger partial charge in [0, 0.05) is 24.6 Å². The van der Waals surface area contributed by atoms with Crippen LogP contribution < -0.4 is 5.32 Å². The highest BCUT2D eigenvalue weighted by molar-refractivity contribution is 4.83. The van der Waals surface area contributed by atoms with Crippen molar-refractivity contribution >= 4 is 0 Å². The predicted molar refractivity (Wildman–Crippen MR) is 59.8 cm³/mol. The molecule has 0 aromatic heterocycles. The van der Waals surface area contributed by atoms with Gasteiger partial charge in [-0.05, 0) is 19.3 Å². The fourth-order valence-corrected chi connectivity index (χ4v) is 2.78. The van der Waals surface area contributed by atoms with E-state index in [9.17, 15) is 5.11 Å². The number of nitrogens with one attached hydrogen (secondary N) is 1. The number of rotatable bonds is 4. The Labute approximate surface area is 92.2 Å². The van der Waals surface area contributed by atoms with Gasteiger partial charge in [0.1, 0.15) is 0 Å². The average molecular weight is 213 g/mol. The van der Waals surface area contributed by atoms with Gasteiger partial charge in [0.15, 0.2) is 0 Å². The van der Waals surface area contributed by atoms with Crippen LogP contribution in [0.4, 0.5) is 0 Å². The maximum Gasteiger partial charge on any atom is 0.0588 e. The van der Waals surface area contributed by atoms with Gasteiger partial charge < -0.3 is 15.2 Å². The van der Waals surface area contributed by atoms with Crippen molar-refractivity contribution in [2.45, 2.75) is 50.6 Å². The predicted octanol–water partition coefficient (Wildman–Crippen LogP) is 1.31. The first-order valence-corrected chi connectivity index (χ1v) is 6.35. The van der Waals surface area contributed by atoms with Crippen LogP contribution in [0.1, 0.15) is 38.5 Å². The average Bonchev–Trinajstić information content (AvgIpc) is 2.81. The van der Waals surface area contributed by atoms with E-state index in [1.54, 1.807) is 0 Å². The molecule has 1 aliphatic carbocycles. The molecule has 0 spiro atoms. The van der Waals surface area contributed by atoms with Crippen molar-refractivity contribution in [3.8, 4) is 0 Å². The van der Waals surface area contributed by atoms with Gasteiger partial charge in [0.25, 0.3) is 0 Å². The number of aliphatic hydroxyl groups is 1. The molecule has 0 amide bonds. The van der Waals surface area contributed by atoms with Gasteiger partial charge in [-0.3, -0.25) is 0 Å². The standard InChI is InChI=1S/C12H23NO2/c14-8-12(10-6-7-15-9-10)13-11-4-2-1-3-5-11/h10-14H,1-9H2. The summed E-state index contributed by atoms with van der Waals surface area (Å²) in [6.07, 6.45) is 7.74. The Bertz CT molecular complexity index is 174. The fraction of sp³-hybridized carbons (Fsp3) is 1.00. The summed E-state index contributed by atoms with van der Waals surface area (Å²) in [4.78, 5) is 0. The van der Waals surface area contributed by atoms with E-state index in [1.165, 1.54) is 32.1 Å². The van der Waals surface area contributed by atoms with Crippen molar-refractivity contribution < 1.29 is 9.84 Å². The van der Waals surface area contributed by atoms with Crippen molar-refractivity contribution in [2.24, 2.45) is 5.92 Å². The molecule has 1 heterocycles. The Hall–Kier alpha value is -0.120. The summed E-state index contributed by atoms with van der Waals surface area (Å²) in [5.41, 5.74) is 0. The minimum Gasteiger partial charge on any atom is -0.395 e. The summed E-state index contributed by atoms with van der Waals surface area (Å²) in [6, 6.07) is 0.895. The number of aliphatic hydroxyl groups excluding tert-OH is 1. The van der Waals surface area contributed by atoms with Crippen LogP contribution in [0.5, 0.6) is 0 Å². The Morgan fingerprint density at radius 2 is 2.00 bits per heavy atom. The zero-order valence-electron chi connectivity index (χ0n) is 9.45. The molecule has 2 rings (SSSR count). The second-order valence-corrected chi connectivity index (χ2v) is 4.91. The highest BCUT2D eigenvalue weighted by Gasteiger charge is 2.27. The summed E-state index contributed by atoms with van der Waals surface area (Å²) in [5.74, 6) is 0.525. The smallest absolute Gasteiger partial charge is 0.0588 e. The van der Waals surface area contributed by atoms with E-state index in [-0.39, 0.29) is 12.6 Å². The third kappa shape index (κ3) is 3.16. The molecule has 0 radical (unpaired) electrons. The molecule has 1 aliphatic heterocycles. The molecular formula is C12H23NO2. The topological polar surface area (TPSA) is 41.5 Å². The molecule has 2 fully saturated rings. The Balaban J connectivity index is 1.78. The lowest BCUT2D eigenvalue weighted by Gasteiger charge is -2.30. The molecule has 2 atom stereocenters. The van der Waals surface area contributed by atoms with Gasteiger partial charge in [0.2, 0.25) is 0 Å². The van der Waals surface area contributed by atoms with Crippen LogP contribution in [0.3, 0.4) is 0 Å². The molecule has 15 heavy (non-hydrogen) atoms. The van der Waals surface area contributed by atoms with Gasteiger partial charge in [-0.2, -0.15) is 0 Å². The van der Waals surface area contributed by atoms with E-state index < -0.39 is 0 Å². The van der Waals surface area contributed by atoms with E-state index in [0.717, 1.165) is 19.6 Å². The van der Waals surface area contributed by atoms with E-state index in [0.29, 0.717) is 12.0 Å². The van der Waals surface area contributed by atoms with E-state index >= 15 is 0 Å². The Morgan fingerprint density at radius 3 is 2.60 bits per heavy atom. The van der Waals surface area contributed by atoms with Gasteiger partial charge in [-0.25, -0.2) is 0 Å². The molecule has 1 saturated carbocycles. The van der Waals surface area contributed by atoms with Crippen LogP contribution in [0.15, 0.2) is 0 Å². The summed E-state index contributed by atoms with van der Waals surface area (Å²) >= 11 is 0. The molecule has 2 unspecified atom stereocenters. The van der Waals surface area contributed by atoms with Crippen molar-refractivity contribution in [1.82, 2.24) is 5.32 Å². The summed E-state index contributed by atoms with van der Waals surface area (Å²) in [5, 5.41) is 13.0. The highest BCUT2D eigenvalue weighted by atomic mass is 16.5. The second kappa shape index (κ2) is 5.83. The van der Waals surface area contributed by atoms with E-state index in [2.05, 4.69) is 5.32 Å².